The number of hydrogen-bond acceptors (Lipinski definition) is 7. The molecule has 0 spiro atoms. The maximum absolute atomic E-state index is 14.3. The van der Waals surface area contributed by atoms with Gasteiger partial charge in [-0.1, -0.05) is 78.1 Å². The third-order valence-corrected chi connectivity index (χ3v) is 10.2. The van der Waals surface area contributed by atoms with Crippen LogP contribution >= 0.6 is 27.3 Å². The van der Waals surface area contributed by atoms with Gasteiger partial charge in [-0.25, -0.2) is 4.99 Å². The third kappa shape index (κ3) is 6.47. The number of nitrogens with one attached hydrogen (secondary N) is 1. The third-order valence-electron chi connectivity index (χ3n) is 8.55. The van der Waals surface area contributed by atoms with Gasteiger partial charge in [0, 0.05) is 17.3 Å². The van der Waals surface area contributed by atoms with Crippen molar-refractivity contribution in [3.8, 4) is 17.2 Å². The van der Waals surface area contributed by atoms with Gasteiger partial charge in [0.25, 0.3) is 11.5 Å². The molecule has 0 radical (unpaired) electrons. The molecule has 250 valence electrons. The smallest absolute Gasteiger partial charge is 0.271 e. The number of allylic oxidation sites excluding steroid dienone is 1. The van der Waals surface area contributed by atoms with Crippen LogP contribution < -0.4 is 34.4 Å². The highest BCUT2D eigenvalue weighted by atomic mass is 79.9. The first-order valence-electron chi connectivity index (χ1n) is 15.8. The number of aromatic nitrogens is 1. The van der Waals surface area contributed by atoms with Crippen molar-refractivity contribution >= 4 is 55.7 Å². The minimum Gasteiger partial charge on any atom is -0.497 e. The summed E-state index contributed by atoms with van der Waals surface area (Å²) in [5.41, 5.74) is 3.72. The number of anilines is 1. The van der Waals surface area contributed by atoms with Crippen LogP contribution in [0.1, 0.15) is 29.7 Å². The standard InChI is InChI=1S/C40H32BrN3O5S/c1-24-36(38(45)43-28-13-5-4-6-14-28)37(31-18-17-29(47-2)22-34(31)48-3)44-39(46)35(50-40(44)42-24)21-25-16-19-33(32(41)20-25)49-23-27-12-9-11-26-10-7-8-15-30(26)27/h4-22,37H,23H2,1-3H3,(H,43,45)/b35-21-/t37-/m1/s1. The molecule has 1 atom stereocenters. The Kier molecular flexibility index (Phi) is 9.38. The second-order valence-electron chi connectivity index (χ2n) is 11.6. The quantitative estimate of drug-likeness (QED) is 0.167. The Labute approximate surface area is 300 Å². The van der Waals surface area contributed by atoms with Gasteiger partial charge in [0.15, 0.2) is 4.80 Å². The fourth-order valence-electron chi connectivity index (χ4n) is 6.12. The second-order valence-corrected chi connectivity index (χ2v) is 13.5. The highest BCUT2D eigenvalue weighted by Crippen LogP contribution is 2.38. The summed E-state index contributed by atoms with van der Waals surface area (Å²) in [6, 6.07) is 33.9. The Balaban J connectivity index is 1.26. The van der Waals surface area contributed by atoms with E-state index in [1.54, 1.807) is 37.8 Å². The zero-order valence-electron chi connectivity index (χ0n) is 27.5. The Morgan fingerprint density at radius 3 is 2.48 bits per heavy atom. The van der Waals surface area contributed by atoms with Gasteiger partial charge < -0.3 is 19.5 Å². The summed E-state index contributed by atoms with van der Waals surface area (Å²) in [5, 5.41) is 5.30. The normalized spacial score (nSPS) is 14.2. The highest BCUT2D eigenvalue weighted by Gasteiger charge is 2.34. The molecule has 0 bridgehead atoms. The van der Waals surface area contributed by atoms with Crippen molar-refractivity contribution in [3.05, 3.63) is 161 Å². The van der Waals surface area contributed by atoms with Gasteiger partial charge in [0.1, 0.15) is 29.9 Å². The lowest BCUT2D eigenvalue weighted by Crippen LogP contribution is -2.40. The summed E-state index contributed by atoms with van der Waals surface area (Å²) in [6.07, 6.45) is 1.83. The SMILES string of the molecule is COc1ccc([C@@H]2C(C(=O)Nc3ccccc3)=C(C)N=c3s/c(=C\c4ccc(OCc5cccc6ccccc56)c(Br)c4)c(=O)n32)c(OC)c1. The van der Waals surface area contributed by atoms with E-state index in [9.17, 15) is 9.59 Å². The van der Waals surface area contributed by atoms with E-state index in [-0.39, 0.29) is 11.5 Å². The average Bonchev–Trinajstić information content (AvgIpc) is 3.44. The van der Waals surface area contributed by atoms with Crippen molar-refractivity contribution in [2.45, 2.75) is 19.6 Å². The molecule has 5 aromatic carbocycles. The van der Waals surface area contributed by atoms with Crippen molar-refractivity contribution in [1.29, 1.82) is 0 Å². The molecule has 1 aliphatic heterocycles. The van der Waals surface area contributed by atoms with Gasteiger partial charge in [-0.2, -0.15) is 0 Å². The van der Waals surface area contributed by atoms with Crippen LogP contribution in [0.4, 0.5) is 5.69 Å². The lowest BCUT2D eigenvalue weighted by Gasteiger charge is -2.26. The molecule has 2 heterocycles. The van der Waals surface area contributed by atoms with Crippen molar-refractivity contribution < 1.29 is 19.0 Å². The Hall–Kier alpha value is -5.45. The van der Waals surface area contributed by atoms with Gasteiger partial charge >= 0.3 is 0 Å². The summed E-state index contributed by atoms with van der Waals surface area (Å²) in [4.78, 5) is 33.5. The van der Waals surface area contributed by atoms with Crippen LogP contribution in [0, 0.1) is 0 Å². The fourth-order valence-corrected chi connectivity index (χ4v) is 7.68. The molecular formula is C40H32BrN3O5S. The molecule has 6 aromatic rings. The van der Waals surface area contributed by atoms with Crippen LogP contribution in [0.2, 0.25) is 0 Å². The maximum atomic E-state index is 14.3. The molecule has 0 unspecified atom stereocenters. The van der Waals surface area contributed by atoms with Crippen LogP contribution in [0.3, 0.4) is 0 Å². The molecule has 0 aliphatic carbocycles. The number of methoxy groups -OCH3 is 2. The number of rotatable bonds is 9. The molecule has 0 fully saturated rings. The van der Waals surface area contributed by atoms with Crippen molar-refractivity contribution in [2.24, 2.45) is 4.99 Å². The number of fused-ring (bicyclic) bond motifs is 2. The average molecular weight is 747 g/mol. The number of thiazole rings is 1. The monoisotopic (exact) mass is 745 g/mol. The molecule has 1 aromatic heterocycles. The van der Waals surface area contributed by atoms with Crippen molar-refractivity contribution in [3.63, 3.8) is 0 Å². The number of amides is 1. The minimum absolute atomic E-state index is 0.276. The maximum Gasteiger partial charge on any atom is 0.271 e. The van der Waals surface area contributed by atoms with Crippen LogP contribution in [0.5, 0.6) is 17.2 Å². The van der Waals surface area contributed by atoms with E-state index in [1.807, 2.05) is 78.9 Å². The van der Waals surface area contributed by atoms with Gasteiger partial charge in [0.2, 0.25) is 0 Å². The molecule has 50 heavy (non-hydrogen) atoms. The molecule has 1 N–H and O–H groups in total. The lowest BCUT2D eigenvalue weighted by molar-refractivity contribution is -0.113. The number of carbonyl (C=O) groups excluding carboxylic acids is 1. The predicted octanol–water partition coefficient (Wildman–Crippen LogP) is 7.39. The van der Waals surface area contributed by atoms with E-state index in [2.05, 4.69) is 45.5 Å². The topological polar surface area (TPSA) is 91.2 Å². The Morgan fingerprint density at radius 1 is 0.920 bits per heavy atom. The van der Waals surface area contributed by atoms with E-state index in [0.717, 1.165) is 26.4 Å². The molecule has 0 saturated carbocycles. The van der Waals surface area contributed by atoms with Crippen LogP contribution in [-0.2, 0) is 11.4 Å². The summed E-state index contributed by atoms with van der Waals surface area (Å²) >= 11 is 4.93. The second kappa shape index (κ2) is 14.2. The zero-order valence-corrected chi connectivity index (χ0v) is 29.9. The largest absolute Gasteiger partial charge is 0.497 e. The van der Waals surface area contributed by atoms with Gasteiger partial charge in [-0.3, -0.25) is 14.2 Å². The van der Waals surface area contributed by atoms with Gasteiger partial charge in [-0.05, 0) is 87.2 Å². The van der Waals surface area contributed by atoms with Gasteiger partial charge in [0.05, 0.1) is 34.5 Å². The van der Waals surface area contributed by atoms with Gasteiger partial charge in [-0.15, -0.1) is 0 Å². The molecule has 1 aliphatic rings. The van der Waals surface area contributed by atoms with E-state index in [1.165, 1.54) is 11.3 Å². The molecule has 10 heteroatoms. The molecular weight excluding hydrogens is 714 g/mol. The van der Waals surface area contributed by atoms with Crippen molar-refractivity contribution in [1.82, 2.24) is 4.57 Å². The zero-order chi connectivity index (χ0) is 34.8. The number of halogens is 1. The highest BCUT2D eigenvalue weighted by molar-refractivity contribution is 9.10. The number of hydrogen-bond donors (Lipinski definition) is 1. The molecule has 0 saturated heterocycles. The van der Waals surface area contributed by atoms with E-state index >= 15 is 0 Å². The van der Waals surface area contributed by atoms with Crippen LogP contribution in [-0.4, -0.2) is 24.7 Å². The first-order valence-corrected chi connectivity index (χ1v) is 17.5. The number of para-hydroxylation sites is 1. The number of carbonyl (C=O) groups is 1. The molecule has 8 nitrogen and oxygen atoms in total. The summed E-state index contributed by atoms with van der Waals surface area (Å²) in [5.74, 6) is 1.39. The van der Waals surface area contributed by atoms with E-state index < -0.39 is 6.04 Å². The predicted molar refractivity (Wildman–Crippen MR) is 201 cm³/mol. The van der Waals surface area contributed by atoms with Crippen LogP contribution in [0.25, 0.3) is 16.8 Å². The fraction of sp³-hybridized carbons (Fsp3) is 0.125. The number of ether oxygens (including phenoxy) is 3. The molecule has 7 rings (SSSR count). The van der Waals surface area contributed by atoms with Crippen LogP contribution in [0.15, 0.2) is 135 Å². The Morgan fingerprint density at radius 2 is 1.70 bits per heavy atom. The Bertz CT molecular complexity index is 2470. The number of nitrogens with zero attached hydrogens (tertiary/aromatic N) is 2. The van der Waals surface area contributed by atoms with E-state index in [0.29, 0.717) is 55.7 Å². The first-order chi connectivity index (χ1) is 24.3. The number of benzene rings is 5. The first kappa shape index (κ1) is 33.1. The summed E-state index contributed by atoms with van der Waals surface area (Å²) < 4.78 is 20.2. The minimum atomic E-state index is -0.811. The van der Waals surface area contributed by atoms with Crippen molar-refractivity contribution in [2.75, 3.05) is 19.5 Å². The summed E-state index contributed by atoms with van der Waals surface area (Å²) in [6.45, 7) is 2.19. The summed E-state index contributed by atoms with van der Waals surface area (Å²) in [7, 11) is 3.12. The van der Waals surface area contributed by atoms with E-state index in [4.69, 9.17) is 19.2 Å². The molecule has 1 amide bonds. The lowest BCUT2D eigenvalue weighted by atomic mass is 9.94.